The van der Waals surface area contributed by atoms with Crippen LogP contribution in [0.15, 0.2) is 82.0 Å². The van der Waals surface area contributed by atoms with Crippen molar-refractivity contribution in [3.8, 4) is 28.4 Å². The number of benzene rings is 3. The molecule has 1 aromatic heterocycles. The van der Waals surface area contributed by atoms with Crippen LogP contribution in [-0.2, 0) is 11.0 Å². The fourth-order valence-corrected chi connectivity index (χ4v) is 3.13. The Balaban J connectivity index is 1.73. The smallest absolute Gasteiger partial charge is 0.453 e. The van der Waals surface area contributed by atoms with Crippen LogP contribution in [0, 0.1) is 0 Å². The molecule has 0 spiro atoms. The van der Waals surface area contributed by atoms with Crippen molar-refractivity contribution in [3.05, 3.63) is 88.8 Å². The van der Waals surface area contributed by atoms with Crippen molar-refractivity contribution in [2.45, 2.75) is 6.18 Å². The largest absolute Gasteiger partial charge is 0.482 e. The van der Waals surface area contributed by atoms with Crippen LogP contribution < -0.4 is 14.9 Å². The highest BCUT2D eigenvalue weighted by Gasteiger charge is 2.40. The van der Waals surface area contributed by atoms with Gasteiger partial charge in [0, 0.05) is 6.07 Å². The molecule has 4 aromatic rings. The average molecular weight is 456 g/mol. The molecule has 1 heterocycles. The van der Waals surface area contributed by atoms with Gasteiger partial charge in [0.15, 0.2) is 6.61 Å². The third-order valence-electron chi connectivity index (χ3n) is 4.62. The summed E-state index contributed by atoms with van der Waals surface area (Å²) < 4.78 is 56.3. The topological polar surface area (TPSA) is 86.0 Å². The lowest BCUT2D eigenvalue weighted by molar-refractivity contribution is -0.154. The fourth-order valence-electron chi connectivity index (χ4n) is 3.13. The summed E-state index contributed by atoms with van der Waals surface area (Å²) in [5.74, 6) is -3.92. The monoisotopic (exact) mass is 456 g/mol. The standard InChI is InChI=1S/C24H15F3O6/c25-24(26,27)23-22(32-16-8-6-15(7-9-16)14-4-2-1-3-5-14)21(30)18-11-10-17(12-19(18)33-23)31-13-20(28)29/h1-12H,13H2,(H,28,29). The third kappa shape index (κ3) is 4.82. The molecular weight excluding hydrogens is 441 g/mol. The highest BCUT2D eigenvalue weighted by atomic mass is 19.4. The zero-order chi connectivity index (χ0) is 23.6. The lowest BCUT2D eigenvalue weighted by Crippen LogP contribution is -2.15. The van der Waals surface area contributed by atoms with E-state index in [1.807, 2.05) is 30.3 Å². The Labute approximate surface area is 184 Å². The Bertz CT molecular complexity index is 1360. The molecule has 0 bridgehead atoms. The average Bonchev–Trinajstić information content (AvgIpc) is 2.79. The van der Waals surface area contributed by atoms with Crippen molar-refractivity contribution in [3.63, 3.8) is 0 Å². The molecule has 33 heavy (non-hydrogen) atoms. The minimum Gasteiger partial charge on any atom is -0.482 e. The second-order valence-electron chi connectivity index (χ2n) is 6.92. The van der Waals surface area contributed by atoms with E-state index >= 15 is 0 Å². The molecule has 0 unspecified atom stereocenters. The lowest BCUT2D eigenvalue weighted by Gasteiger charge is -2.14. The molecule has 0 aliphatic heterocycles. The van der Waals surface area contributed by atoms with Gasteiger partial charge in [-0.05, 0) is 35.4 Å². The molecule has 168 valence electrons. The predicted octanol–water partition coefficient (Wildman–Crippen LogP) is 5.73. The van der Waals surface area contributed by atoms with Gasteiger partial charge < -0.3 is 19.0 Å². The van der Waals surface area contributed by atoms with Crippen LogP contribution in [0.3, 0.4) is 0 Å². The number of hydrogen-bond donors (Lipinski definition) is 1. The molecule has 0 atom stereocenters. The Hall–Kier alpha value is -4.27. The van der Waals surface area contributed by atoms with Crippen molar-refractivity contribution in [2.75, 3.05) is 6.61 Å². The summed E-state index contributed by atoms with van der Waals surface area (Å²) in [6, 6.07) is 19.0. The van der Waals surface area contributed by atoms with E-state index in [4.69, 9.17) is 19.0 Å². The van der Waals surface area contributed by atoms with E-state index < -0.39 is 41.3 Å². The molecule has 0 fully saturated rings. The van der Waals surface area contributed by atoms with E-state index in [-0.39, 0.29) is 16.9 Å². The van der Waals surface area contributed by atoms with Gasteiger partial charge in [0.25, 0.3) is 5.76 Å². The summed E-state index contributed by atoms with van der Waals surface area (Å²) in [6.45, 7) is -0.706. The zero-order valence-electron chi connectivity index (χ0n) is 16.8. The van der Waals surface area contributed by atoms with E-state index in [1.54, 1.807) is 12.1 Å². The van der Waals surface area contributed by atoms with Crippen molar-refractivity contribution < 1.29 is 37.0 Å². The maximum Gasteiger partial charge on any atom is 0.453 e. The fraction of sp³-hybridized carbons (Fsp3) is 0.0833. The minimum atomic E-state index is -5.02. The first-order chi connectivity index (χ1) is 15.7. The Morgan fingerprint density at radius 1 is 0.909 bits per heavy atom. The Morgan fingerprint density at radius 3 is 2.18 bits per heavy atom. The quantitative estimate of drug-likeness (QED) is 0.399. The van der Waals surface area contributed by atoms with Gasteiger partial charge in [-0.3, -0.25) is 4.79 Å². The molecular formula is C24H15F3O6. The summed E-state index contributed by atoms with van der Waals surface area (Å²) in [6.07, 6.45) is -5.02. The number of alkyl halides is 3. The van der Waals surface area contributed by atoms with Crippen molar-refractivity contribution >= 4 is 16.9 Å². The van der Waals surface area contributed by atoms with Gasteiger partial charge in [0.1, 0.15) is 17.1 Å². The van der Waals surface area contributed by atoms with E-state index in [0.29, 0.717) is 0 Å². The van der Waals surface area contributed by atoms with E-state index in [1.165, 1.54) is 24.3 Å². The number of aliphatic carboxylic acids is 1. The van der Waals surface area contributed by atoms with E-state index in [9.17, 15) is 22.8 Å². The van der Waals surface area contributed by atoms with Crippen molar-refractivity contribution in [2.24, 2.45) is 0 Å². The first-order valence-electron chi connectivity index (χ1n) is 9.58. The number of carboxylic acid groups (broad SMARTS) is 1. The molecule has 3 aromatic carbocycles. The molecule has 0 radical (unpaired) electrons. The zero-order valence-corrected chi connectivity index (χ0v) is 16.8. The molecule has 0 amide bonds. The van der Waals surface area contributed by atoms with Gasteiger partial charge in [-0.1, -0.05) is 42.5 Å². The van der Waals surface area contributed by atoms with Gasteiger partial charge in [-0.2, -0.15) is 13.2 Å². The molecule has 0 aliphatic rings. The van der Waals surface area contributed by atoms with Crippen molar-refractivity contribution in [1.29, 1.82) is 0 Å². The SMILES string of the molecule is O=C(O)COc1ccc2c(=O)c(Oc3ccc(-c4ccccc4)cc3)c(C(F)(F)F)oc2c1. The normalized spacial score (nSPS) is 11.4. The summed E-state index contributed by atoms with van der Waals surface area (Å²) in [5, 5.41) is 8.50. The number of rotatable bonds is 6. The molecule has 9 heteroatoms. The van der Waals surface area contributed by atoms with Crippen molar-refractivity contribution in [1.82, 2.24) is 0 Å². The predicted molar refractivity (Wildman–Crippen MR) is 113 cm³/mol. The maximum absolute atomic E-state index is 13.7. The summed E-state index contributed by atoms with van der Waals surface area (Å²) in [5.41, 5.74) is 0.284. The summed E-state index contributed by atoms with van der Waals surface area (Å²) >= 11 is 0. The van der Waals surface area contributed by atoms with E-state index in [2.05, 4.69) is 0 Å². The second kappa shape index (κ2) is 8.70. The molecule has 6 nitrogen and oxygen atoms in total. The van der Waals surface area contributed by atoms with Crippen LogP contribution in [-0.4, -0.2) is 17.7 Å². The van der Waals surface area contributed by atoms with Crippen LogP contribution in [0.5, 0.6) is 17.2 Å². The number of carbonyl (C=O) groups is 1. The lowest BCUT2D eigenvalue weighted by atomic mass is 10.1. The first kappa shape index (κ1) is 21.9. The number of carboxylic acids is 1. The minimum absolute atomic E-state index is 0.0215. The first-order valence-corrected chi connectivity index (χ1v) is 9.58. The van der Waals surface area contributed by atoms with Gasteiger partial charge in [0.05, 0.1) is 5.39 Å². The molecule has 4 rings (SSSR count). The van der Waals surface area contributed by atoms with Gasteiger partial charge >= 0.3 is 12.1 Å². The second-order valence-corrected chi connectivity index (χ2v) is 6.92. The van der Waals surface area contributed by atoms with Gasteiger partial charge in [-0.25, -0.2) is 4.79 Å². The van der Waals surface area contributed by atoms with Crippen LogP contribution >= 0.6 is 0 Å². The molecule has 1 N–H and O–H groups in total. The van der Waals surface area contributed by atoms with Crippen LogP contribution in [0.4, 0.5) is 13.2 Å². The maximum atomic E-state index is 13.7. The highest BCUT2D eigenvalue weighted by molar-refractivity contribution is 5.80. The Morgan fingerprint density at radius 2 is 1.55 bits per heavy atom. The highest BCUT2D eigenvalue weighted by Crippen LogP contribution is 2.39. The van der Waals surface area contributed by atoms with Gasteiger partial charge in [-0.15, -0.1) is 0 Å². The number of ether oxygens (including phenoxy) is 2. The summed E-state index contributed by atoms with van der Waals surface area (Å²) in [7, 11) is 0. The number of hydrogen-bond acceptors (Lipinski definition) is 5. The van der Waals surface area contributed by atoms with Crippen LogP contribution in [0.2, 0.25) is 0 Å². The van der Waals surface area contributed by atoms with Gasteiger partial charge in [0.2, 0.25) is 11.2 Å². The molecule has 0 aliphatic carbocycles. The molecule has 0 saturated heterocycles. The third-order valence-corrected chi connectivity index (χ3v) is 4.62. The Kier molecular flexibility index (Phi) is 5.78. The summed E-state index contributed by atoms with van der Waals surface area (Å²) in [4.78, 5) is 23.5. The number of halogens is 3. The molecule has 0 saturated carbocycles. The van der Waals surface area contributed by atoms with Crippen LogP contribution in [0.1, 0.15) is 5.76 Å². The van der Waals surface area contributed by atoms with Crippen LogP contribution in [0.25, 0.3) is 22.1 Å². The van der Waals surface area contributed by atoms with E-state index in [0.717, 1.165) is 17.2 Å². The number of fused-ring (bicyclic) bond motifs is 1.